The van der Waals surface area contributed by atoms with E-state index in [9.17, 15) is 27.5 Å². The molecule has 1 aromatic heterocycles. The van der Waals surface area contributed by atoms with Gasteiger partial charge in [-0.25, -0.2) is 17.6 Å². The Hall–Kier alpha value is -2.91. The van der Waals surface area contributed by atoms with E-state index in [2.05, 4.69) is 10.4 Å². The second-order valence-corrected chi connectivity index (χ2v) is 6.09. The van der Waals surface area contributed by atoms with Crippen LogP contribution in [0.25, 0.3) is 5.69 Å². The molecule has 3 rings (SSSR count). The molecule has 10 heteroatoms. The van der Waals surface area contributed by atoms with Crippen molar-refractivity contribution < 1.29 is 22.7 Å². The van der Waals surface area contributed by atoms with E-state index in [0.29, 0.717) is 10.7 Å². The third-order valence-corrected chi connectivity index (χ3v) is 4.24. The highest BCUT2D eigenvalue weighted by Crippen LogP contribution is 2.23. The summed E-state index contributed by atoms with van der Waals surface area (Å²) in [5.41, 5.74) is -1.81. The molecule has 0 radical (unpaired) electrons. The summed E-state index contributed by atoms with van der Waals surface area (Å²) in [6.45, 7) is -0.381. The first-order valence-electron chi connectivity index (χ1n) is 7.88. The standard InChI is InChI=1S/C18H12ClF4N3O2/c19-17-13(24-8-15(27)16-10(21)2-1-3-11(16)22)7-25-26(18(17)28)14-5-4-9(20)6-12(14)23/h1-7,15,24,27H,8H2. The zero-order valence-corrected chi connectivity index (χ0v) is 14.7. The number of aromatic nitrogens is 2. The van der Waals surface area contributed by atoms with Crippen LogP contribution in [0.15, 0.2) is 47.4 Å². The van der Waals surface area contributed by atoms with Crippen molar-refractivity contribution >= 4 is 17.3 Å². The molecule has 0 fully saturated rings. The number of anilines is 1. The van der Waals surface area contributed by atoms with E-state index < -0.39 is 45.5 Å². The van der Waals surface area contributed by atoms with Gasteiger partial charge in [-0.05, 0) is 24.3 Å². The molecule has 146 valence electrons. The molecular weight excluding hydrogens is 402 g/mol. The predicted octanol–water partition coefficient (Wildman–Crippen LogP) is 3.59. The minimum absolute atomic E-state index is 0.0405. The molecule has 0 saturated carbocycles. The summed E-state index contributed by atoms with van der Waals surface area (Å²) < 4.78 is 54.9. The van der Waals surface area contributed by atoms with E-state index in [-0.39, 0.29) is 17.9 Å². The van der Waals surface area contributed by atoms with E-state index >= 15 is 0 Å². The van der Waals surface area contributed by atoms with E-state index in [0.717, 1.165) is 36.5 Å². The zero-order chi connectivity index (χ0) is 20.4. The van der Waals surface area contributed by atoms with Gasteiger partial charge in [0.2, 0.25) is 0 Å². The normalized spacial score (nSPS) is 12.1. The van der Waals surface area contributed by atoms with Crippen molar-refractivity contribution in [1.29, 1.82) is 0 Å². The quantitative estimate of drug-likeness (QED) is 0.627. The molecule has 0 spiro atoms. The molecule has 28 heavy (non-hydrogen) atoms. The lowest BCUT2D eigenvalue weighted by atomic mass is 10.1. The highest BCUT2D eigenvalue weighted by atomic mass is 35.5. The van der Waals surface area contributed by atoms with Crippen molar-refractivity contribution in [3.8, 4) is 5.69 Å². The number of rotatable bonds is 5. The third-order valence-electron chi connectivity index (χ3n) is 3.88. The van der Waals surface area contributed by atoms with Crippen LogP contribution in [0.2, 0.25) is 5.02 Å². The van der Waals surface area contributed by atoms with Crippen LogP contribution in [0.3, 0.4) is 0 Å². The number of benzene rings is 2. The maximum Gasteiger partial charge on any atom is 0.292 e. The summed E-state index contributed by atoms with van der Waals surface area (Å²) in [6.07, 6.45) is -0.508. The summed E-state index contributed by atoms with van der Waals surface area (Å²) in [7, 11) is 0. The number of hydrogen-bond acceptors (Lipinski definition) is 4. The lowest BCUT2D eigenvalue weighted by molar-refractivity contribution is 0.181. The summed E-state index contributed by atoms with van der Waals surface area (Å²) in [6, 6.07) is 5.70. The Labute approximate surface area is 160 Å². The minimum atomic E-state index is -1.57. The average molecular weight is 414 g/mol. The van der Waals surface area contributed by atoms with E-state index in [1.165, 1.54) is 0 Å². The molecule has 0 bridgehead atoms. The van der Waals surface area contributed by atoms with Gasteiger partial charge in [0.25, 0.3) is 5.56 Å². The number of halogens is 5. The second-order valence-electron chi connectivity index (χ2n) is 5.72. The molecule has 1 heterocycles. The summed E-state index contributed by atoms with van der Waals surface area (Å²) in [5.74, 6) is -3.70. The van der Waals surface area contributed by atoms with Crippen molar-refractivity contribution in [3.63, 3.8) is 0 Å². The maximum atomic E-state index is 13.9. The molecule has 0 aliphatic heterocycles. The van der Waals surface area contributed by atoms with Crippen molar-refractivity contribution in [3.05, 3.63) is 86.8 Å². The Kier molecular flexibility index (Phi) is 5.66. The third kappa shape index (κ3) is 3.85. The number of hydrogen-bond donors (Lipinski definition) is 2. The Balaban J connectivity index is 1.85. The highest BCUT2D eigenvalue weighted by molar-refractivity contribution is 6.32. The van der Waals surface area contributed by atoms with Gasteiger partial charge < -0.3 is 10.4 Å². The lowest BCUT2D eigenvalue weighted by Crippen LogP contribution is -2.24. The molecule has 0 aliphatic carbocycles. The second kappa shape index (κ2) is 7.99. The molecule has 1 unspecified atom stereocenters. The Morgan fingerprint density at radius 3 is 2.43 bits per heavy atom. The topological polar surface area (TPSA) is 67.2 Å². The lowest BCUT2D eigenvalue weighted by Gasteiger charge is -2.15. The van der Waals surface area contributed by atoms with Crippen molar-refractivity contribution in [2.75, 3.05) is 11.9 Å². The van der Waals surface area contributed by atoms with Gasteiger partial charge in [0.1, 0.15) is 34.3 Å². The van der Waals surface area contributed by atoms with Crippen LogP contribution in [0.4, 0.5) is 23.2 Å². The van der Waals surface area contributed by atoms with Gasteiger partial charge in [0.05, 0.1) is 17.4 Å². The van der Waals surface area contributed by atoms with Crippen molar-refractivity contribution in [2.24, 2.45) is 0 Å². The van der Waals surface area contributed by atoms with Crippen LogP contribution < -0.4 is 10.9 Å². The van der Waals surface area contributed by atoms with Gasteiger partial charge in [0.15, 0.2) is 5.82 Å². The fourth-order valence-corrected chi connectivity index (χ4v) is 2.71. The SMILES string of the molecule is O=c1c(Cl)c(NCC(O)c2c(F)cccc2F)cnn1-c1ccc(F)cc1F. The fraction of sp³-hybridized carbons (Fsp3) is 0.111. The van der Waals surface area contributed by atoms with Crippen LogP contribution in [-0.4, -0.2) is 21.4 Å². The Morgan fingerprint density at radius 1 is 1.11 bits per heavy atom. The first-order valence-corrected chi connectivity index (χ1v) is 8.26. The molecule has 2 aromatic carbocycles. The molecule has 0 saturated heterocycles. The number of nitrogens with zero attached hydrogens (tertiary/aromatic N) is 2. The summed E-state index contributed by atoms with van der Waals surface area (Å²) in [5, 5.41) is 15.9. The number of aliphatic hydroxyl groups excluding tert-OH is 1. The van der Waals surface area contributed by atoms with Crippen LogP contribution in [0, 0.1) is 23.3 Å². The first kappa shape index (κ1) is 19.8. The van der Waals surface area contributed by atoms with Crippen LogP contribution in [0.1, 0.15) is 11.7 Å². The monoisotopic (exact) mass is 413 g/mol. The van der Waals surface area contributed by atoms with Gasteiger partial charge in [-0.3, -0.25) is 4.79 Å². The van der Waals surface area contributed by atoms with Gasteiger partial charge in [0, 0.05) is 12.6 Å². The molecule has 0 aliphatic rings. The Bertz CT molecular complexity index is 1070. The molecular formula is C18H12ClF4N3O2. The van der Waals surface area contributed by atoms with Crippen molar-refractivity contribution in [1.82, 2.24) is 9.78 Å². The molecule has 0 amide bonds. The van der Waals surface area contributed by atoms with Gasteiger partial charge in [-0.15, -0.1) is 0 Å². The van der Waals surface area contributed by atoms with Crippen LogP contribution in [0.5, 0.6) is 0 Å². The highest BCUT2D eigenvalue weighted by Gasteiger charge is 2.19. The van der Waals surface area contributed by atoms with E-state index in [1.54, 1.807) is 0 Å². The van der Waals surface area contributed by atoms with Gasteiger partial charge >= 0.3 is 0 Å². The zero-order valence-electron chi connectivity index (χ0n) is 14.0. The number of aliphatic hydroxyl groups is 1. The summed E-state index contributed by atoms with van der Waals surface area (Å²) in [4.78, 5) is 12.3. The van der Waals surface area contributed by atoms with Crippen molar-refractivity contribution in [2.45, 2.75) is 6.10 Å². The maximum absolute atomic E-state index is 13.9. The largest absolute Gasteiger partial charge is 0.386 e. The number of nitrogens with one attached hydrogen (secondary N) is 1. The fourth-order valence-electron chi connectivity index (χ4n) is 2.52. The Morgan fingerprint density at radius 2 is 1.79 bits per heavy atom. The predicted molar refractivity (Wildman–Crippen MR) is 94.6 cm³/mol. The molecule has 1 atom stereocenters. The smallest absolute Gasteiger partial charge is 0.292 e. The first-order chi connectivity index (χ1) is 13.3. The van der Waals surface area contributed by atoms with E-state index in [1.807, 2.05) is 0 Å². The van der Waals surface area contributed by atoms with Crippen LogP contribution in [-0.2, 0) is 0 Å². The van der Waals surface area contributed by atoms with Gasteiger partial charge in [-0.2, -0.15) is 9.78 Å². The summed E-state index contributed by atoms with van der Waals surface area (Å²) >= 11 is 5.96. The minimum Gasteiger partial charge on any atom is -0.386 e. The van der Waals surface area contributed by atoms with E-state index in [4.69, 9.17) is 11.6 Å². The molecule has 5 nitrogen and oxygen atoms in total. The molecule has 2 N–H and O–H groups in total. The average Bonchev–Trinajstić information content (AvgIpc) is 2.63. The molecule has 3 aromatic rings. The van der Waals surface area contributed by atoms with Gasteiger partial charge in [-0.1, -0.05) is 17.7 Å². The van der Waals surface area contributed by atoms with Crippen LogP contribution >= 0.6 is 11.6 Å².